The fraction of sp³-hybridized carbons (Fsp3) is 0.571. The van der Waals surface area contributed by atoms with Crippen LogP contribution in [0, 0.1) is 0 Å². The molecule has 0 aromatic heterocycles. The molecule has 0 aliphatic carbocycles. The van der Waals surface area contributed by atoms with E-state index in [4.69, 9.17) is 9.47 Å². The second-order valence-corrected chi connectivity index (χ2v) is 4.78. The van der Waals surface area contributed by atoms with Crippen LogP contribution in [0.15, 0.2) is 24.3 Å². The lowest BCUT2D eigenvalue weighted by Crippen LogP contribution is -2.25. The van der Waals surface area contributed by atoms with Crippen molar-refractivity contribution in [3.63, 3.8) is 0 Å². The molecular formula is C14H17F3O3. The van der Waals surface area contributed by atoms with Crippen molar-refractivity contribution >= 4 is 0 Å². The van der Waals surface area contributed by atoms with Gasteiger partial charge in [0, 0.05) is 13.2 Å². The highest BCUT2D eigenvalue weighted by Gasteiger charge is 2.31. The topological polar surface area (TPSA) is 38.7 Å². The zero-order chi connectivity index (χ0) is 14.6. The molecule has 0 spiro atoms. The average molecular weight is 290 g/mol. The maximum Gasteiger partial charge on any atom is 0.416 e. The van der Waals surface area contributed by atoms with Crippen molar-refractivity contribution in [3.05, 3.63) is 35.4 Å². The van der Waals surface area contributed by atoms with Gasteiger partial charge in [0.25, 0.3) is 0 Å². The number of aliphatic hydroxyl groups excluding tert-OH is 1. The van der Waals surface area contributed by atoms with E-state index >= 15 is 0 Å². The number of hydrogen-bond acceptors (Lipinski definition) is 3. The Morgan fingerprint density at radius 3 is 2.65 bits per heavy atom. The first-order chi connectivity index (χ1) is 9.47. The van der Waals surface area contributed by atoms with Crippen LogP contribution in [0.1, 0.15) is 30.1 Å². The van der Waals surface area contributed by atoms with Crippen LogP contribution in [0.2, 0.25) is 0 Å². The number of alkyl halides is 3. The summed E-state index contributed by atoms with van der Waals surface area (Å²) in [6.07, 6.45) is -3.97. The monoisotopic (exact) mass is 290 g/mol. The Bertz CT molecular complexity index is 428. The van der Waals surface area contributed by atoms with Crippen molar-refractivity contribution in [2.75, 3.05) is 19.8 Å². The fourth-order valence-corrected chi connectivity index (χ4v) is 2.09. The summed E-state index contributed by atoms with van der Waals surface area (Å²) >= 11 is 0. The molecule has 0 bridgehead atoms. The first-order valence-electron chi connectivity index (χ1n) is 6.51. The Hall–Kier alpha value is -1.11. The van der Waals surface area contributed by atoms with Crippen molar-refractivity contribution in [1.29, 1.82) is 0 Å². The molecular weight excluding hydrogens is 273 g/mol. The molecule has 3 nitrogen and oxygen atoms in total. The van der Waals surface area contributed by atoms with E-state index in [1.807, 2.05) is 0 Å². The Morgan fingerprint density at radius 1 is 1.30 bits per heavy atom. The molecule has 0 amide bonds. The third-order valence-corrected chi connectivity index (χ3v) is 3.26. The second-order valence-electron chi connectivity index (χ2n) is 4.78. The fourth-order valence-electron chi connectivity index (χ4n) is 2.09. The molecule has 0 radical (unpaired) electrons. The van der Waals surface area contributed by atoms with Crippen LogP contribution in [-0.4, -0.2) is 31.0 Å². The van der Waals surface area contributed by atoms with Crippen LogP contribution >= 0.6 is 0 Å². The molecule has 112 valence electrons. The van der Waals surface area contributed by atoms with Gasteiger partial charge in [0.2, 0.25) is 0 Å². The van der Waals surface area contributed by atoms with Gasteiger partial charge in [-0.15, -0.1) is 0 Å². The molecule has 20 heavy (non-hydrogen) atoms. The summed E-state index contributed by atoms with van der Waals surface area (Å²) in [6, 6.07) is 4.69. The zero-order valence-electron chi connectivity index (χ0n) is 10.9. The minimum Gasteiger partial charge on any atom is -0.386 e. The van der Waals surface area contributed by atoms with Gasteiger partial charge in [0.15, 0.2) is 0 Å². The lowest BCUT2D eigenvalue weighted by atomic mass is 10.1. The van der Waals surface area contributed by atoms with E-state index < -0.39 is 17.8 Å². The molecule has 1 unspecified atom stereocenters. The van der Waals surface area contributed by atoms with E-state index in [1.54, 1.807) is 0 Å². The van der Waals surface area contributed by atoms with Crippen molar-refractivity contribution in [3.8, 4) is 0 Å². The molecule has 1 aliphatic heterocycles. The standard InChI is InChI=1S/C14H17F3O3/c15-14(16,17)11-3-1-2-10(8-11)13(18)9-20-12-4-6-19-7-5-12/h1-3,8,12-13,18H,4-7,9H2. The average Bonchev–Trinajstić information content (AvgIpc) is 2.45. The molecule has 1 N–H and O–H groups in total. The Morgan fingerprint density at radius 2 is 2.00 bits per heavy atom. The zero-order valence-corrected chi connectivity index (χ0v) is 10.9. The molecule has 6 heteroatoms. The van der Waals surface area contributed by atoms with Crippen LogP contribution in [0.5, 0.6) is 0 Å². The van der Waals surface area contributed by atoms with E-state index in [2.05, 4.69) is 0 Å². The van der Waals surface area contributed by atoms with Crippen LogP contribution in [0.4, 0.5) is 13.2 Å². The number of ether oxygens (including phenoxy) is 2. The van der Waals surface area contributed by atoms with E-state index in [0.717, 1.165) is 25.0 Å². The minimum absolute atomic E-state index is 0.00389. The SMILES string of the molecule is OC(COC1CCOCC1)c1cccc(C(F)(F)F)c1. The molecule has 1 atom stereocenters. The summed E-state index contributed by atoms with van der Waals surface area (Å²) < 4.78 is 48.4. The third kappa shape index (κ3) is 4.19. The number of aliphatic hydroxyl groups is 1. The summed E-state index contributed by atoms with van der Waals surface area (Å²) in [5.41, 5.74) is -0.549. The largest absolute Gasteiger partial charge is 0.416 e. The summed E-state index contributed by atoms with van der Waals surface area (Å²) in [7, 11) is 0. The molecule has 1 fully saturated rings. The van der Waals surface area contributed by atoms with Gasteiger partial charge in [-0.25, -0.2) is 0 Å². The lowest BCUT2D eigenvalue weighted by Gasteiger charge is -2.24. The highest BCUT2D eigenvalue weighted by atomic mass is 19.4. The predicted molar refractivity (Wildman–Crippen MR) is 66.2 cm³/mol. The van der Waals surface area contributed by atoms with Crippen LogP contribution in [0.3, 0.4) is 0 Å². The van der Waals surface area contributed by atoms with Crippen molar-refractivity contribution in [2.45, 2.75) is 31.2 Å². The highest BCUT2D eigenvalue weighted by Crippen LogP contribution is 2.30. The molecule has 2 rings (SSSR count). The Kier molecular flexibility index (Phi) is 5.01. The molecule has 1 heterocycles. The molecule has 1 aliphatic rings. The predicted octanol–water partition coefficient (Wildman–Crippen LogP) is 2.93. The van der Waals surface area contributed by atoms with Gasteiger partial charge < -0.3 is 14.6 Å². The van der Waals surface area contributed by atoms with E-state index in [-0.39, 0.29) is 18.3 Å². The second kappa shape index (κ2) is 6.56. The highest BCUT2D eigenvalue weighted by molar-refractivity contribution is 5.27. The van der Waals surface area contributed by atoms with Gasteiger partial charge >= 0.3 is 6.18 Å². The van der Waals surface area contributed by atoms with Gasteiger partial charge in [-0.05, 0) is 30.5 Å². The van der Waals surface area contributed by atoms with Crippen LogP contribution in [0.25, 0.3) is 0 Å². The van der Waals surface area contributed by atoms with Crippen molar-refractivity contribution in [2.24, 2.45) is 0 Å². The first kappa shape index (κ1) is 15.3. The van der Waals surface area contributed by atoms with E-state index in [9.17, 15) is 18.3 Å². The minimum atomic E-state index is -4.41. The van der Waals surface area contributed by atoms with Crippen molar-refractivity contribution < 1.29 is 27.8 Å². The van der Waals surface area contributed by atoms with Gasteiger partial charge in [0.1, 0.15) is 6.10 Å². The maximum atomic E-state index is 12.6. The van der Waals surface area contributed by atoms with Gasteiger partial charge in [-0.1, -0.05) is 12.1 Å². The van der Waals surface area contributed by atoms with Gasteiger partial charge in [-0.2, -0.15) is 13.2 Å². The summed E-state index contributed by atoms with van der Waals surface area (Å²) in [6.45, 7) is 1.22. The number of hydrogen-bond donors (Lipinski definition) is 1. The Balaban J connectivity index is 1.93. The first-order valence-corrected chi connectivity index (χ1v) is 6.51. The van der Waals surface area contributed by atoms with Gasteiger partial charge in [-0.3, -0.25) is 0 Å². The molecule has 1 aromatic rings. The quantitative estimate of drug-likeness (QED) is 0.926. The number of rotatable bonds is 4. The van der Waals surface area contributed by atoms with Crippen molar-refractivity contribution in [1.82, 2.24) is 0 Å². The summed E-state index contributed by atoms with van der Waals surface area (Å²) in [5, 5.41) is 9.92. The number of halogens is 3. The van der Waals surface area contributed by atoms with Gasteiger partial charge in [0.05, 0.1) is 18.3 Å². The maximum absolute atomic E-state index is 12.6. The third-order valence-electron chi connectivity index (χ3n) is 3.26. The lowest BCUT2D eigenvalue weighted by molar-refractivity contribution is -0.137. The van der Waals surface area contributed by atoms with E-state index in [1.165, 1.54) is 12.1 Å². The van der Waals surface area contributed by atoms with Crippen LogP contribution < -0.4 is 0 Å². The summed E-state index contributed by atoms with van der Waals surface area (Å²) in [4.78, 5) is 0. The normalized spacial score (nSPS) is 19.0. The molecule has 1 aromatic carbocycles. The molecule has 0 saturated carbocycles. The Labute approximate surface area is 115 Å². The smallest absolute Gasteiger partial charge is 0.386 e. The number of benzene rings is 1. The molecule has 1 saturated heterocycles. The summed E-state index contributed by atoms with van der Waals surface area (Å²) in [5.74, 6) is 0. The van der Waals surface area contributed by atoms with Crippen LogP contribution in [-0.2, 0) is 15.7 Å². The van der Waals surface area contributed by atoms with E-state index in [0.29, 0.717) is 13.2 Å².